The van der Waals surface area contributed by atoms with Crippen LogP contribution in [0.4, 0.5) is 4.79 Å². The minimum absolute atomic E-state index is 0.238. The fraction of sp³-hybridized carbons (Fsp3) is 0.571. The van der Waals surface area contributed by atoms with Crippen molar-refractivity contribution in [1.82, 2.24) is 19.8 Å². The largest absolute Gasteiger partial charge is 0.493 e. The quantitative estimate of drug-likeness (QED) is 0.505. The summed E-state index contributed by atoms with van der Waals surface area (Å²) in [6, 6.07) is 3.62. The number of benzene rings is 1. The summed E-state index contributed by atoms with van der Waals surface area (Å²) >= 11 is 6.13. The lowest BCUT2D eigenvalue weighted by Crippen LogP contribution is -2.50. The highest BCUT2D eigenvalue weighted by atomic mass is 35.5. The van der Waals surface area contributed by atoms with E-state index in [0.717, 1.165) is 31.4 Å². The zero-order valence-electron chi connectivity index (χ0n) is 18.0. The summed E-state index contributed by atoms with van der Waals surface area (Å²) in [6.07, 6.45) is 2.05. The van der Waals surface area contributed by atoms with Gasteiger partial charge in [0.2, 0.25) is 0 Å². The van der Waals surface area contributed by atoms with Gasteiger partial charge in [-0.15, -0.1) is 0 Å². The second-order valence-electron chi connectivity index (χ2n) is 8.20. The van der Waals surface area contributed by atoms with Gasteiger partial charge in [0.15, 0.2) is 11.5 Å². The number of aromatic nitrogens is 2. The summed E-state index contributed by atoms with van der Waals surface area (Å²) in [4.78, 5) is 24.5. The number of nitrogens with zero attached hydrogens (tertiary/aromatic N) is 4. The maximum absolute atomic E-state index is 12.1. The van der Waals surface area contributed by atoms with Gasteiger partial charge in [0, 0.05) is 44.2 Å². The number of carbonyl (C=O) groups is 1. The third-order valence-corrected chi connectivity index (χ3v) is 5.07. The Kier molecular flexibility index (Phi) is 7.20. The molecule has 0 atom stereocenters. The van der Waals surface area contributed by atoms with E-state index >= 15 is 0 Å². The molecule has 30 heavy (non-hydrogen) atoms. The molecular formula is C21H29ClN4O4. The van der Waals surface area contributed by atoms with E-state index in [1.165, 1.54) is 6.33 Å². The van der Waals surface area contributed by atoms with Crippen LogP contribution in [0.15, 0.2) is 18.5 Å². The Morgan fingerprint density at radius 1 is 1.13 bits per heavy atom. The Morgan fingerprint density at radius 3 is 2.53 bits per heavy atom. The zero-order valence-corrected chi connectivity index (χ0v) is 18.7. The Hall–Kier alpha value is -2.32. The molecule has 0 unspecified atom stereocenters. The van der Waals surface area contributed by atoms with Crippen molar-refractivity contribution in [1.29, 1.82) is 0 Å². The highest BCUT2D eigenvalue weighted by Crippen LogP contribution is 2.33. The molecule has 1 saturated heterocycles. The van der Waals surface area contributed by atoms with E-state index in [2.05, 4.69) is 14.9 Å². The SMILES string of the molecule is COc1cc2c(Cl)ncnc2cc1OCCCN1CCN(C(=O)OC(C)(C)C)CC1. The molecule has 164 valence electrons. The fourth-order valence-corrected chi connectivity index (χ4v) is 3.45. The highest BCUT2D eigenvalue weighted by Gasteiger charge is 2.25. The molecule has 2 heterocycles. The third kappa shape index (κ3) is 5.86. The number of fused-ring (bicyclic) bond motifs is 1. The maximum Gasteiger partial charge on any atom is 0.410 e. The number of amides is 1. The molecule has 0 saturated carbocycles. The van der Waals surface area contributed by atoms with Crippen molar-refractivity contribution in [2.45, 2.75) is 32.8 Å². The molecule has 1 amide bonds. The fourth-order valence-electron chi connectivity index (χ4n) is 3.26. The number of rotatable bonds is 6. The van der Waals surface area contributed by atoms with Crippen LogP contribution < -0.4 is 9.47 Å². The average molecular weight is 437 g/mol. The van der Waals surface area contributed by atoms with Gasteiger partial charge in [-0.1, -0.05) is 11.6 Å². The molecule has 8 nitrogen and oxygen atoms in total. The topological polar surface area (TPSA) is 77.0 Å². The van der Waals surface area contributed by atoms with Crippen LogP contribution in [0, 0.1) is 0 Å². The van der Waals surface area contributed by atoms with E-state index < -0.39 is 5.60 Å². The van der Waals surface area contributed by atoms with Gasteiger partial charge in [-0.3, -0.25) is 4.90 Å². The van der Waals surface area contributed by atoms with E-state index in [1.54, 1.807) is 18.1 Å². The average Bonchev–Trinajstić information content (AvgIpc) is 2.70. The lowest BCUT2D eigenvalue weighted by atomic mass is 10.2. The molecule has 3 rings (SSSR count). The van der Waals surface area contributed by atoms with Gasteiger partial charge in [0.1, 0.15) is 17.1 Å². The van der Waals surface area contributed by atoms with Gasteiger partial charge in [-0.05, 0) is 33.3 Å². The van der Waals surface area contributed by atoms with Crippen LogP contribution in [0.5, 0.6) is 11.5 Å². The first kappa shape index (κ1) is 22.4. The molecule has 1 aliphatic heterocycles. The number of hydrogen-bond donors (Lipinski definition) is 0. The molecule has 1 fully saturated rings. The van der Waals surface area contributed by atoms with Crippen LogP contribution in [0.1, 0.15) is 27.2 Å². The maximum atomic E-state index is 12.1. The van der Waals surface area contributed by atoms with Gasteiger partial charge >= 0.3 is 6.09 Å². The molecule has 0 radical (unpaired) electrons. The van der Waals surface area contributed by atoms with Gasteiger partial charge in [-0.2, -0.15) is 0 Å². The third-order valence-electron chi connectivity index (χ3n) is 4.77. The summed E-state index contributed by atoms with van der Waals surface area (Å²) in [5, 5.41) is 1.11. The van der Waals surface area contributed by atoms with Crippen molar-refractivity contribution in [3.63, 3.8) is 0 Å². The Bertz CT molecular complexity index is 879. The number of methoxy groups -OCH3 is 1. The number of ether oxygens (including phenoxy) is 3. The standard InChI is InChI=1S/C21H29ClN4O4/c1-21(2,3)30-20(27)26-9-7-25(8-10-26)6-5-11-29-18-13-16-15(12-17(18)28-4)19(22)24-14-23-16/h12-14H,5-11H2,1-4H3. The number of carbonyl (C=O) groups excluding carboxylic acids is 1. The van der Waals surface area contributed by atoms with E-state index in [1.807, 2.05) is 26.8 Å². The summed E-state index contributed by atoms with van der Waals surface area (Å²) < 4.78 is 16.8. The smallest absolute Gasteiger partial charge is 0.410 e. The monoisotopic (exact) mass is 436 g/mol. The van der Waals surface area contributed by atoms with E-state index in [0.29, 0.717) is 41.9 Å². The van der Waals surface area contributed by atoms with Crippen molar-refractivity contribution in [2.24, 2.45) is 0 Å². The Balaban J connectivity index is 1.45. The number of hydrogen-bond acceptors (Lipinski definition) is 7. The van der Waals surface area contributed by atoms with Crippen LogP contribution in [-0.4, -0.2) is 77.9 Å². The first-order valence-corrected chi connectivity index (χ1v) is 10.5. The number of halogens is 1. The molecular weight excluding hydrogens is 408 g/mol. The van der Waals surface area contributed by atoms with Crippen molar-refractivity contribution in [3.05, 3.63) is 23.6 Å². The summed E-state index contributed by atoms with van der Waals surface area (Å²) in [5.41, 5.74) is 0.247. The van der Waals surface area contributed by atoms with Crippen LogP contribution in [0.2, 0.25) is 5.15 Å². The molecule has 2 aromatic rings. The van der Waals surface area contributed by atoms with E-state index in [4.69, 9.17) is 25.8 Å². The lowest BCUT2D eigenvalue weighted by molar-refractivity contribution is 0.0142. The second-order valence-corrected chi connectivity index (χ2v) is 8.55. The molecule has 1 aromatic heterocycles. The molecule has 1 aliphatic rings. The first-order chi connectivity index (χ1) is 14.3. The lowest BCUT2D eigenvalue weighted by Gasteiger charge is -2.35. The molecule has 0 bridgehead atoms. The summed E-state index contributed by atoms with van der Waals surface area (Å²) in [5.74, 6) is 1.24. The minimum Gasteiger partial charge on any atom is -0.493 e. The Morgan fingerprint density at radius 2 is 1.87 bits per heavy atom. The van der Waals surface area contributed by atoms with Crippen molar-refractivity contribution in [2.75, 3.05) is 46.4 Å². The first-order valence-electron chi connectivity index (χ1n) is 10.1. The van der Waals surface area contributed by atoms with Gasteiger partial charge in [0.05, 0.1) is 19.2 Å². The molecule has 0 aliphatic carbocycles. The molecule has 0 N–H and O–H groups in total. The predicted molar refractivity (Wildman–Crippen MR) is 115 cm³/mol. The van der Waals surface area contributed by atoms with Crippen molar-refractivity contribution in [3.8, 4) is 11.5 Å². The van der Waals surface area contributed by atoms with Gasteiger partial charge < -0.3 is 19.1 Å². The molecule has 1 aromatic carbocycles. The zero-order chi connectivity index (χ0) is 21.7. The van der Waals surface area contributed by atoms with Gasteiger partial charge in [-0.25, -0.2) is 14.8 Å². The van der Waals surface area contributed by atoms with E-state index in [9.17, 15) is 4.79 Å². The summed E-state index contributed by atoms with van der Waals surface area (Å²) in [6.45, 7) is 10.1. The van der Waals surface area contributed by atoms with E-state index in [-0.39, 0.29) is 6.09 Å². The summed E-state index contributed by atoms with van der Waals surface area (Å²) in [7, 11) is 1.59. The van der Waals surface area contributed by atoms with Crippen LogP contribution in [-0.2, 0) is 4.74 Å². The van der Waals surface area contributed by atoms with Crippen molar-refractivity contribution >= 4 is 28.6 Å². The van der Waals surface area contributed by atoms with Gasteiger partial charge in [0.25, 0.3) is 0 Å². The predicted octanol–water partition coefficient (Wildman–Crippen LogP) is 3.61. The van der Waals surface area contributed by atoms with Crippen LogP contribution in [0.25, 0.3) is 10.9 Å². The molecule has 0 spiro atoms. The molecule has 9 heteroatoms. The van der Waals surface area contributed by atoms with Crippen molar-refractivity contribution < 1.29 is 19.0 Å². The van der Waals surface area contributed by atoms with Crippen LogP contribution >= 0.6 is 11.6 Å². The second kappa shape index (κ2) is 9.66. The minimum atomic E-state index is -0.466. The van der Waals surface area contributed by atoms with Crippen LogP contribution in [0.3, 0.4) is 0 Å². The Labute approximate surface area is 182 Å². The highest BCUT2D eigenvalue weighted by molar-refractivity contribution is 6.34. The number of piperazine rings is 1. The normalized spacial score (nSPS) is 15.3.